The summed E-state index contributed by atoms with van der Waals surface area (Å²) in [6.45, 7) is 5.88. The van der Waals surface area contributed by atoms with Gasteiger partial charge in [-0.25, -0.2) is 0 Å². The van der Waals surface area contributed by atoms with Crippen molar-refractivity contribution in [1.82, 2.24) is 0 Å². The minimum atomic E-state index is -0.127. The van der Waals surface area contributed by atoms with Gasteiger partial charge in [-0.2, -0.15) is 0 Å². The summed E-state index contributed by atoms with van der Waals surface area (Å²) >= 11 is 0. The highest BCUT2D eigenvalue weighted by molar-refractivity contribution is 5.41. The lowest BCUT2D eigenvalue weighted by molar-refractivity contribution is 0.0678. The molecule has 1 heterocycles. The molecule has 0 atom stereocenters. The number of para-hydroxylation sites is 2. The molecule has 1 aliphatic heterocycles. The van der Waals surface area contributed by atoms with E-state index in [9.17, 15) is 0 Å². The van der Waals surface area contributed by atoms with Crippen LogP contribution in [-0.2, 0) is 0 Å². The molecule has 0 aromatic heterocycles. The van der Waals surface area contributed by atoms with Gasteiger partial charge >= 0.3 is 0 Å². The van der Waals surface area contributed by atoms with Gasteiger partial charge in [0.2, 0.25) is 6.29 Å². The average molecular weight is 166 g/mol. The Kier molecular flexibility index (Phi) is 2.97. The van der Waals surface area contributed by atoms with Crippen LogP contribution in [0.1, 0.15) is 20.8 Å². The van der Waals surface area contributed by atoms with E-state index >= 15 is 0 Å². The van der Waals surface area contributed by atoms with Crippen LogP contribution in [0.25, 0.3) is 0 Å². The predicted molar refractivity (Wildman–Crippen MR) is 48.5 cm³/mol. The lowest BCUT2D eigenvalue weighted by Gasteiger charge is -1.99. The smallest absolute Gasteiger partial charge is 0.238 e. The topological polar surface area (TPSA) is 18.5 Å². The molecule has 0 aliphatic carbocycles. The van der Waals surface area contributed by atoms with Gasteiger partial charge in [-0.15, -0.1) is 0 Å². The summed E-state index contributed by atoms with van der Waals surface area (Å²) < 4.78 is 10.6. The highest BCUT2D eigenvalue weighted by Crippen LogP contribution is 2.33. The third-order valence-corrected chi connectivity index (χ3v) is 1.44. The average Bonchev–Trinajstić information content (AvgIpc) is 2.48. The number of hydrogen-bond donors (Lipinski definition) is 0. The first-order valence-electron chi connectivity index (χ1n) is 4.28. The van der Waals surface area contributed by atoms with Gasteiger partial charge < -0.3 is 9.47 Å². The first kappa shape index (κ1) is 8.91. The lowest BCUT2D eigenvalue weighted by Crippen LogP contribution is -2.11. The summed E-state index contributed by atoms with van der Waals surface area (Å²) in [7, 11) is 0. The fourth-order valence-electron chi connectivity index (χ4n) is 1.03. The molecule has 0 unspecified atom stereocenters. The van der Waals surface area contributed by atoms with Gasteiger partial charge in [-0.1, -0.05) is 26.0 Å². The second-order valence-electron chi connectivity index (χ2n) is 2.25. The van der Waals surface area contributed by atoms with E-state index in [1.54, 1.807) is 0 Å². The standard InChI is InChI=1S/C8H8O2.C2H6/c1-6-9-7-4-2-3-5-8(7)10-6;1-2/h2-6H,1H3;1-2H3. The molecule has 2 rings (SSSR count). The predicted octanol–water partition coefficient (Wildman–Crippen LogP) is 2.83. The van der Waals surface area contributed by atoms with Gasteiger partial charge in [0.25, 0.3) is 0 Å². The normalized spacial score (nSPS) is 13.6. The van der Waals surface area contributed by atoms with Gasteiger partial charge in [0.1, 0.15) is 0 Å². The fraction of sp³-hybridized carbons (Fsp3) is 0.400. The number of rotatable bonds is 0. The Balaban J connectivity index is 0.000000336. The minimum Gasteiger partial charge on any atom is -0.451 e. The number of benzene rings is 1. The largest absolute Gasteiger partial charge is 0.451 e. The summed E-state index contributed by atoms with van der Waals surface area (Å²) in [5, 5.41) is 0. The molecule has 12 heavy (non-hydrogen) atoms. The van der Waals surface area contributed by atoms with Crippen LogP contribution in [0.2, 0.25) is 0 Å². The van der Waals surface area contributed by atoms with E-state index < -0.39 is 0 Å². The molecular weight excluding hydrogens is 152 g/mol. The molecule has 0 amide bonds. The zero-order valence-electron chi connectivity index (χ0n) is 7.70. The number of hydrogen-bond acceptors (Lipinski definition) is 2. The summed E-state index contributed by atoms with van der Waals surface area (Å²) in [6, 6.07) is 7.66. The zero-order chi connectivity index (χ0) is 8.97. The number of ether oxygens (including phenoxy) is 2. The molecule has 1 aromatic carbocycles. The van der Waals surface area contributed by atoms with Crippen LogP contribution in [-0.4, -0.2) is 6.29 Å². The Morgan fingerprint density at radius 3 is 1.83 bits per heavy atom. The molecule has 66 valence electrons. The molecule has 0 fully saturated rings. The Bertz CT molecular complexity index is 220. The fourth-order valence-corrected chi connectivity index (χ4v) is 1.03. The molecule has 1 aromatic rings. The Morgan fingerprint density at radius 2 is 1.42 bits per heavy atom. The third kappa shape index (κ3) is 1.70. The van der Waals surface area contributed by atoms with Gasteiger partial charge in [-0.3, -0.25) is 0 Å². The molecule has 2 nitrogen and oxygen atoms in total. The maximum absolute atomic E-state index is 5.28. The van der Waals surface area contributed by atoms with Crippen molar-refractivity contribution in [1.29, 1.82) is 0 Å². The summed E-state index contributed by atoms with van der Waals surface area (Å²) in [5.74, 6) is 1.69. The highest BCUT2D eigenvalue weighted by atomic mass is 16.7. The summed E-state index contributed by atoms with van der Waals surface area (Å²) in [5.41, 5.74) is 0. The first-order chi connectivity index (χ1) is 5.86. The summed E-state index contributed by atoms with van der Waals surface area (Å²) in [6.07, 6.45) is -0.127. The molecule has 0 N–H and O–H groups in total. The lowest BCUT2D eigenvalue weighted by atomic mass is 10.3. The first-order valence-corrected chi connectivity index (χ1v) is 4.28. The van der Waals surface area contributed by atoms with E-state index in [0.717, 1.165) is 11.5 Å². The van der Waals surface area contributed by atoms with Crippen LogP contribution >= 0.6 is 0 Å². The second-order valence-corrected chi connectivity index (χ2v) is 2.25. The molecule has 0 saturated carbocycles. The minimum absolute atomic E-state index is 0.127. The van der Waals surface area contributed by atoms with Gasteiger partial charge in [0.15, 0.2) is 11.5 Å². The monoisotopic (exact) mass is 166 g/mol. The maximum Gasteiger partial charge on any atom is 0.238 e. The van der Waals surface area contributed by atoms with Gasteiger partial charge in [0.05, 0.1) is 0 Å². The summed E-state index contributed by atoms with van der Waals surface area (Å²) in [4.78, 5) is 0. The Labute approximate surface area is 73.1 Å². The van der Waals surface area contributed by atoms with E-state index in [0.29, 0.717) is 0 Å². The third-order valence-electron chi connectivity index (χ3n) is 1.44. The van der Waals surface area contributed by atoms with Gasteiger partial charge in [0, 0.05) is 6.92 Å². The van der Waals surface area contributed by atoms with Crippen LogP contribution in [0.15, 0.2) is 24.3 Å². The van der Waals surface area contributed by atoms with Crippen LogP contribution in [0.4, 0.5) is 0 Å². The van der Waals surface area contributed by atoms with Crippen molar-refractivity contribution in [3.05, 3.63) is 24.3 Å². The van der Waals surface area contributed by atoms with E-state index in [-0.39, 0.29) is 6.29 Å². The molecule has 0 radical (unpaired) electrons. The van der Waals surface area contributed by atoms with Crippen molar-refractivity contribution < 1.29 is 9.47 Å². The Hall–Kier alpha value is -1.18. The molecule has 0 spiro atoms. The van der Waals surface area contributed by atoms with Crippen LogP contribution in [0.3, 0.4) is 0 Å². The zero-order valence-corrected chi connectivity index (χ0v) is 7.70. The van der Waals surface area contributed by atoms with Crippen molar-refractivity contribution >= 4 is 0 Å². The van der Waals surface area contributed by atoms with Crippen molar-refractivity contribution in [3.8, 4) is 11.5 Å². The van der Waals surface area contributed by atoms with E-state index in [1.807, 2.05) is 45.0 Å². The quantitative estimate of drug-likeness (QED) is 0.590. The molecular formula is C10H14O2. The van der Waals surface area contributed by atoms with E-state index in [1.165, 1.54) is 0 Å². The molecule has 2 heteroatoms. The van der Waals surface area contributed by atoms with Crippen molar-refractivity contribution in [3.63, 3.8) is 0 Å². The Morgan fingerprint density at radius 1 is 1.00 bits per heavy atom. The van der Waals surface area contributed by atoms with E-state index in [4.69, 9.17) is 9.47 Å². The maximum atomic E-state index is 5.28. The van der Waals surface area contributed by atoms with Crippen molar-refractivity contribution in [2.45, 2.75) is 27.1 Å². The molecule has 0 saturated heterocycles. The molecule has 0 bridgehead atoms. The van der Waals surface area contributed by atoms with Crippen LogP contribution in [0, 0.1) is 0 Å². The van der Waals surface area contributed by atoms with E-state index in [2.05, 4.69) is 0 Å². The SMILES string of the molecule is CC.CC1Oc2ccccc2O1. The van der Waals surface area contributed by atoms with Crippen LogP contribution in [0.5, 0.6) is 11.5 Å². The van der Waals surface area contributed by atoms with Crippen molar-refractivity contribution in [2.24, 2.45) is 0 Å². The van der Waals surface area contributed by atoms with Crippen LogP contribution < -0.4 is 9.47 Å². The second kappa shape index (κ2) is 4.00. The van der Waals surface area contributed by atoms with Crippen molar-refractivity contribution in [2.75, 3.05) is 0 Å². The number of fused-ring (bicyclic) bond motifs is 1. The highest BCUT2D eigenvalue weighted by Gasteiger charge is 2.17. The molecule has 1 aliphatic rings. The van der Waals surface area contributed by atoms with Gasteiger partial charge in [-0.05, 0) is 12.1 Å².